The molecule has 1 rings (SSSR count). The third kappa shape index (κ3) is 5.13. The molecule has 0 spiro atoms. The number of carbonyl (C=O) groups excluding carboxylic acids is 1. The minimum Gasteiger partial charge on any atom is -0.506 e. The number of carboxylic acid groups (broad SMARTS) is 1. The predicted octanol–water partition coefficient (Wildman–Crippen LogP) is 2.45. The number of carboxylic acids is 1. The van der Waals surface area contributed by atoms with Crippen molar-refractivity contribution in [3.8, 4) is 5.75 Å². The van der Waals surface area contributed by atoms with Crippen molar-refractivity contribution in [1.82, 2.24) is 0 Å². The van der Waals surface area contributed by atoms with Crippen LogP contribution in [0.15, 0.2) is 18.2 Å². The normalized spacial score (nSPS) is 11.2. The Labute approximate surface area is 122 Å². The lowest BCUT2D eigenvalue weighted by Crippen LogP contribution is -2.17. The highest BCUT2D eigenvalue weighted by atomic mass is 32.2. The molecule has 1 aromatic rings. The van der Waals surface area contributed by atoms with Crippen LogP contribution in [-0.4, -0.2) is 33.6 Å². The van der Waals surface area contributed by atoms with E-state index >= 15 is 0 Å². The molecule has 0 atom stereocenters. The average molecular weight is 297 g/mol. The van der Waals surface area contributed by atoms with Gasteiger partial charge < -0.3 is 15.5 Å². The molecule has 3 N–H and O–H groups in total. The second-order valence-corrected chi connectivity index (χ2v) is 6.40. The fourth-order valence-corrected chi connectivity index (χ4v) is 2.05. The zero-order chi connectivity index (χ0) is 15.3. The first-order chi connectivity index (χ1) is 9.20. The van der Waals surface area contributed by atoms with Crippen LogP contribution >= 0.6 is 11.8 Å². The van der Waals surface area contributed by atoms with Gasteiger partial charge in [-0.05, 0) is 23.1 Å². The molecule has 5 nitrogen and oxygen atoms in total. The number of thioether (sulfide) groups is 1. The Balaban J connectivity index is 2.71. The first-order valence-corrected chi connectivity index (χ1v) is 7.28. The second kappa shape index (κ2) is 6.65. The molecule has 0 aliphatic rings. The minimum atomic E-state index is -0.958. The fourth-order valence-electron chi connectivity index (χ4n) is 1.52. The molecular formula is C14H19NO4S. The van der Waals surface area contributed by atoms with E-state index in [9.17, 15) is 14.7 Å². The van der Waals surface area contributed by atoms with Crippen LogP contribution in [0.3, 0.4) is 0 Å². The van der Waals surface area contributed by atoms with E-state index in [0.717, 1.165) is 17.3 Å². The lowest BCUT2D eigenvalue weighted by molar-refractivity contribution is -0.133. The third-order valence-corrected chi connectivity index (χ3v) is 3.51. The maximum absolute atomic E-state index is 11.7. The van der Waals surface area contributed by atoms with E-state index in [1.165, 1.54) is 0 Å². The zero-order valence-corrected chi connectivity index (χ0v) is 12.6. The number of nitrogens with one attached hydrogen (secondary N) is 1. The number of benzene rings is 1. The number of carbonyl (C=O) groups is 2. The molecule has 0 saturated heterocycles. The Hall–Kier alpha value is -1.69. The first-order valence-electron chi connectivity index (χ1n) is 6.13. The van der Waals surface area contributed by atoms with Crippen molar-refractivity contribution >= 4 is 29.3 Å². The highest BCUT2D eigenvalue weighted by Crippen LogP contribution is 2.30. The van der Waals surface area contributed by atoms with Gasteiger partial charge in [0.25, 0.3) is 0 Å². The molecule has 0 bridgehead atoms. The SMILES string of the molecule is CC(C)(C)c1ccc(O)c(NC(=O)CSCC(=O)O)c1. The number of amides is 1. The quantitative estimate of drug-likeness (QED) is 0.727. The monoisotopic (exact) mass is 297 g/mol. The van der Waals surface area contributed by atoms with E-state index in [4.69, 9.17) is 5.11 Å². The van der Waals surface area contributed by atoms with Crippen molar-refractivity contribution in [3.05, 3.63) is 23.8 Å². The maximum Gasteiger partial charge on any atom is 0.313 e. The molecule has 6 heteroatoms. The van der Waals surface area contributed by atoms with Gasteiger partial charge in [0.2, 0.25) is 5.91 Å². The number of phenols is 1. The van der Waals surface area contributed by atoms with E-state index < -0.39 is 5.97 Å². The van der Waals surface area contributed by atoms with Crippen LogP contribution in [0, 0.1) is 0 Å². The van der Waals surface area contributed by atoms with Gasteiger partial charge >= 0.3 is 5.97 Å². The lowest BCUT2D eigenvalue weighted by atomic mass is 9.87. The van der Waals surface area contributed by atoms with Gasteiger partial charge in [-0.3, -0.25) is 9.59 Å². The van der Waals surface area contributed by atoms with Gasteiger partial charge in [0, 0.05) is 0 Å². The lowest BCUT2D eigenvalue weighted by Gasteiger charge is -2.20. The number of aromatic hydroxyl groups is 1. The van der Waals surface area contributed by atoms with E-state index in [2.05, 4.69) is 5.32 Å². The Kier molecular flexibility index (Phi) is 5.44. The number of rotatable bonds is 5. The Morgan fingerprint density at radius 1 is 1.25 bits per heavy atom. The molecule has 0 radical (unpaired) electrons. The average Bonchev–Trinajstić information content (AvgIpc) is 2.30. The molecule has 0 unspecified atom stereocenters. The maximum atomic E-state index is 11.7. The summed E-state index contributed by atoms with van der Waals surface area (Å²) in [6.45, 7) is 6.11. The molecule has 0 saturated carbocycles. The summed E-state index contributed by atoms with van der Waals surface area (Å²) >= 11 is 1.01. The molecule has 0 aromatic heterocycles. The third-order valence-electron chi connectivity index (χ3n) is 2.60. The van der Waals surface area contributed by atoms with Crippen molar-refractivity contribution in [1.29, 1.82) is 0 Å². The summed E-state index contributed by atoms with van der Waals surface area (Å²) in [6.07, 6.45) is 0. The van der Waals surface area contributed by atoms with E-state index in [1.807, 2.05) is 26.8 Å². The minimum absolute atomic E-state index is 0.00501. The van der Waals surface area contributed by atoms with E-state index in [0.29, 0.717) is 5.69 Å². The Morgan fingerprint density at radius 2 is 1.90 bits per heavy atom. The van der Waals surface area contributed by atoms with Crippen molar-refractivity contribution < 1.29 is 19.8 Å². The molecule has 110 valence electrons. The van der Waals surface area contributed by atoms with Gasteiger partial charge in [0.05, 0.1) is 17.2 Å². The predicted molar refractivity (Wildman–Crippen MR) is 80.4 cm³/mol. The molecule has 0 aliphatic carbocycles. The largest absolute Gasteiger partial charge is 0.506 e. The molecule has 1 aromatic carbocycles. The number of phenolic OH excluding ortho intramolecular Hbond substituents is 1. The van der Waals surface area contributed by atoms with Gasteiger partial charge in [-0.25, -0.2) is 0 Å². The molecule has 0 fully saturated rings. The summed E-state index contributed by atoms with van der Waals surface area (Å²) in [7, 11) is 0. The molecule has 1 amide bonds. The van der Waals surface area contributed by atoms with Crippen LogP contribution in [0.4, 0.5) is 5.69 Å². The Morgan fingerprint density at radius 3 is 2.45 bits per heavy atom. The summed E-state index contributed by atoms with van der Waals surface area (Å²) in [6, 6.07) is 5.08. The highest BCUT2D eigenvalue weighted by Gasteiger charge is 2.16. The van der Waals surface area contributed by atoms with Crippen LogP contribution < -0.4 is 5.32 Å². The van der Waals surface area contributed by atoms with Gasteiger partial charge in [-0.2, -0.15) is 0 Å². The van der Waals surface area contributed by atoms with Gasteiger partial charge in [0.1, 0.15) is 5.75 Å². The summed E-state index contributed by atoms with van der Waals surface area (Å²) in [4.78, 5) is 22.0. The fraction of sp³-hybridized carbons (Fsp3) is 0.429. The summed E-state index contributed by atoms with van der Waals surface area (Å²) in [5.74, 6) is -1.39. The number of aliphatic carboxylic acids is 1. The summed E-state index contributed by atoms with van der Waals surface area (Å²) in [5.41, 5.74) is 1.24. The number of hydrogen-bond donors (Lipinski definition) is 3. The van der Waals surface area contributed by atoms with Crippen LogP contribution in [-0.2, 0) is 15.0 Å². The topological polar surface area (TPSA) is 86.6 Å². The second-order valence-electron chi connectivity index (χ2n) is 5.42. The molecule has 0 heterocycles. The zero-order valence-electron chi connectivity index (χ0n) is 11.8. The van der Waals surface area contributed by atoms with Crippen molar-refractivity contribution in [2.24, 2.45) is 0 Å². The van der Waals surface area contributed by atoms with Crippen LogP contribution in [0.1, 0.15) is 26.3 Å². The standard InChI is InChI=1S/C14H19NO4S/c1-14(2,3)9-4-5-11(16)10(6-9)15-12(17)7-20-8-13(18)19/h4-6,16H,7-8H2,1-3H3,(H,15,17)(H,18,19). The van der Waals surface area contributed by atoms with E-state index in [-0.39, 0.29) is 28.6 Å². The molecule has 20 heavy (non-hydrogen) atoms. The van der Waals surface area contributed by atoms with Crippen molar-refractivity contribution in [2.45, 2.75) is 26.2 Å². The van der Waals surface area contributed by atoms with Crippen molar-refractivity contribution in [2.75, 3.05) is 16.8 Å². The Bertz CT molecular complexity index is 508. The number of hydrogen-bond acceptors (Lipinski definition) is 4. The highest BCUT2D eigenvalue weighted by molar-refractivity contribution is 8.00. The number of anilines is 1. The smallest absolute Gasteiger partial charge is 0.313 e. The van der Waals surface area contributed by atoms with Gasteiger partial charge in [0.15, 0.2) is 0 Å². The summed E-state index contributed by atoms with van der Waals surface area (Å²) < 4.78 is 0. The summed E-state index contributed by atoms with van der Waals surface area (Å²) in [5, 5.41) is 20.8. The van der Waals surface area contributed by atoms with Gasteiger partial charge in [-0.15, -0.1) is 11.8 Å². The van der Waals surface area contributed by atoms with Crippen LogP contribution in [0.25, 0.3) is 0 Å². The van der Waals surface area contributed by atoms with E-state index in [1.54, 1.807) is 12.1 Å². The van der Waals surface area contributed by atoms with Gasteiger partial charge in [-0.1, -0.05) is 26.8 Å². The molecule has 0 aliphatic heterocycles. The van der Waals surface area contributed by atoms with Crippen LogP contribution in [0.2, 0.25) is 0 Å². The molecular weight excluding hydrogens is 278 g/mol. The van der Waals surface area contributed by atoms with Crippen molar-refractivity contribution in [3.63, 3.8) is 0 Å². The van der Waals surface area contributed by atoms with Crippen LogP contribution in [0.5, 0.6) is 5.75 Å². The first kappa shape index (κ1) is 16.4.